The Kier molecular flexibility index (Phi) is 8.07. The number of likely N-dealkylation sites (tertiary alicyclic amines) is 1. The van der Waals surface area contributed by atoms with Gasteiger partial charge in [-0.25, -0.2) is 8.78 Å². The van der Waals surface area contributed by atoms with Crippen molar-refractivity contribution in [2.45, 2.75) is 50.7 Å². The van der Waals surface area contributed by atoms with Gasteiger partial charge >= 0.3 is 6.18 Å². The van der Waals surface area contributed by atoms with Gasteiger partial charge in [-0.3, -0.25) is 9.59 Å². The molecule has 0 saturated carbocycles. The highest BCUT2D eigenvalue weighted by Gasteiger charge is 2.39. The van der Waals surface area contributed by atoms with Crippen molar-refractivity contribution < 1.29 is 31.5 Å². The van der Waals surface area contributed by atoms with Crippen molar-refractivity contribution in [3.63, 3.8) is 0 Å². The summed E-state index contributed by atoms with van der Waals surface area (Å²) in [5, 5.41) is 2.67. The highest BCUT2D eigenvalue weighted by atomic mass is 35.5. The lowest BCUT2D eigenvalue weighted by Gasteiger charge is -2.47. The molecule has 0 radical (unpaired) electrons. The zero-order chi connectivity index (χ0) is 31.2. The number of anilines is 1. The van der Waals surface area contributed by atoms with E-state index < -0.39 is 35.3 Å². The molecule has 5 nitrogen and oxygen atoms in total. The summed E-state index contributed by atoms with van der Waals surface area (Å²) >= 11 is 5.99. The number of carbonyl (C=O) groups is 2. The van der Waals surface area contributed by atoms with Gasteiger partial charge in [-0.15, -0.1) is 0 Å². The normalized spacial score (nSPS) is 19.6. The lowest BCUT2D eigenvalue weighted by atomic mass is 9.71. The molecule has 1 spiro atoms. The molecule has 2 aliphatic heterocycles. The highest BCUT2D eigenvalue weighted by Crippen LogP contribution is 2.43. The van der Waals surface area contributed by atoms with Gasteiger partial charge in [0.05, 0.1) is 22.2 Å². The molecular formula is C33H31ClF5N3O2. The number of hydrogen-bond acceptors (Lipinski definition) is 3. The number of benzene rings is 3. The van der Waals surface area contributed by atoms with Crippen LogP contribution in [-0.2, 0) is 12.6 Å². The zero-order valence-electron chi connectivity index (χ0n) is 23.8. The van der Waals surface area contributed by atoms with Crippen molar-refractivity contribution in [2.75, 3.05) is 31.1 Å². The Hall–Kier alpha value is -3.66. The molecule has 2 saturated heterocycles. The van der Waals surface area contributed by atoms with Crippen LogP contribution in [0.25, 0.3) is 0 Å². The predicted molar refractivity (Wildman–Crippen MR) is 157 cm³/mol. The fraction of sp³-hybridized carbons (Fsp3) is 0.394. The van der Waals surface area contributed by atoms with Crippen molar-refractivity contribution in [2.24, 2.45) is 5.41 Å². The van der Waals surface area contributed by atoms with Gasteiger partial charge in [0.25, 0.3) is 11.8 Å². The summed E-state index contributed by atoms with van der Waals surface area (Å²) in [7, 11) is 0. The molecule has 2 fully saturated rings. The second-order valence-electron chi connectivity index (χ2n) is 12.0. The van der Waals surface area contributed by atoms with Crippen LogP contribution in [0.3, 0.4) is 0 Å². The van der Waals surface area contributed by atoms with Crippen LogP contribution < -0.4 is 10.2 Å². The third-order valence-electron chi connectivity index (χ3n) is 9.53. The van der Waals surface area contributed by atoms with E-state index in [0.717, 1.165) is 79.9 Å². The number of hydrogen-bond donors (Lipinski definition) is 1. The first kappa shape index (κ1) is 30.4. The quantitative estimate of drug-likeness (QED) is 0.239. The minimum Gasteiger partial charge on any atom is -0.371 e. The summed E-state index contributed by atoms with van der Waals surface area (Å²) in [6.07, 6.45) is 0.508. The van der Waals surface area contributed by atoms with Gasteiger partial charge in [0.1, 0.15) is 0 Å². The first-order chi connectivity index (χ1) is 20.9. The van der Waals surface area contributed by atoms with Crippen LogP contribution in [0.4, 0.5) is 27.6 Å². The smallest absolute Gasteiger partial charge is 0.371 e. The van der Waals surface area contributed by atoms with E-state index in [9.17, 15) is 31.5 Å². The largest absolute Gasteiger partial charge is 0.416 e. The molecule has 44 heavy (non-hydrogen) atoms. The van der Waals surface area contributed by atoms with Crippen LogP contribution in [-0.4, -0.2) is 42.9 Å². The Labute approximate surface area is 257 Å². The van der Waals surface area contributed by atoms with Crippen LogP contribution in [0.1, 0.15) is 75.6 Å². The van der Waals surface area contributed by atoms with Gasteiger partial charge < -0.3 is 15.1 Å². The molecular weight excluding hydrogens is 601 g/mol. The zero-order valence-corrected chi connectivity index (χ0v) is 24.6. The first-order valence-electron chi connectivity index (χ1n) is 14.7. The van der Waals surface area contributed by atoms with Gasteiger partial charge in [-0.2, -0.15) is 13.2 Å². The van der Waals surface area contributed by atoms with E-state index in [1.54, 1.807) is 0 Å². The standard InChI is InChI=1S/C33H31ClF5N3O2/c34-26-19-28(36)27(35)18-25(26)30(43)40-29-8-3-20-1-2-21(17-24(20)29)31(44)42-15-11-32(12-16-42)9-13-41(14-10-32)23-6-4-22(5-7-23)33(37,38)39/h1-2,4-7,17-19,29H,3,8-16H2,(H,40,43). The van der Waals surface area contributed by atoms with Gasteiger partial charge in [0.15, 0.2) is 11.6 Å². The molecule has 3 aromatic rings. The highest BCUT2D eigenvalue weighted by molar-refractivity contribution is 6.33. The maximum Gasteiger partial charge on any atom is 0.416 e. The molecule has 2 heterocycles. The second-order valence-corrected chi connectivity index (χ2v) is 12.5. The summed E-state index contributed by atoms with van der Waals surface area (Å²) in [6.45, 7) is 2.75. The molecule has 1 atom stereocenters. The van der Waals surface area contributed by atoms with E-state index in [1.165, 1.54) is 12.1 Å². The molecule has 6 rings (SSSR count). The van der Waals surface area contributed by atoms with Crippen molar-refractivity contribution >= 4 is 29.1 Å². The number of rotatable bonds is 4. The third-order valence-corrected chi connectivity index (χ3v) is 9.84. The Morgan fingerprint density at radius 2 is 1.50 bits per heavy atom. The van der Waals surface area contributed by atoms with E-state index in [0.29, 0.717) is 31.5 Å². The third kappa shape index (κ3) is 6.01. The summed E-state index contributed by atoms with van der Waals surface area (Å²) in [6, 6.07) is 12.0. The minimum absolute atomic E-state index is 0.0783. The molecule has 1 N–H and O–H groups in total. The summed E-state index contributed by atoms with van der Waals surface area (Å²) in [4.78, 5) is 30.4. The van der Waals surface area contributed by atoms with Gasteiger partial charge in [-0.1, -0.05) is 17.7 Å². The number of nitrogens with zero attached hydrogens (tertiary/aromatic N) is 2. The number of amides is 2. The Balaban J connectivity index is 1.06. The second kappa shape index (κ2) is 11.7. The average Bonchev–Trinajstić information content (AvgIpc) is 3.40. The SMILES string of the molecule is O=C(NC1CCc2ccc(C(=O)N3CCC4(CC3)CCN(c3ccc(C(F)(F)F)cc3)CC4)cc21)c1cc(F)c(F)cc1Cl. The van der Waals surface area contributed by atoms with E-state index in [2.05, 4.69) is 10.2 Å². The Morgan fingerprint density at radius 3 is 2.16 bits per heavy atom. The van der Waals surface area contributed by atoms with Gasteiger partial charge in [0, 0.05) is 37.4 Å². The Morgan fingerprint density at radius 1 is 0.864 bits per heavy atom. The summed E-state index contributed by atoms with van der Waals surface area (Å²) in [5.41, 5.74) is 2.46. The van der Waals surface area contributed by atoms with Crippen LogP contribution in [0.2, 0.25) is 5.02 Å². The molecule has 3 aliphatic rings. The maximum atomic E-state index is 13.8. The molecule has 2 amide bonds. The number of halogens is 6. The maximum absolute atomic E-state index is 13.8. The van der Waals surface area contributed by atoms with Crippen molar-refractivity contribution in [3.05, 3.63) is 99.1 Å². The van der Waals surface area contributed by atoms with Crippen LogP contribution in [0.15, 0.2) is 54.6 Å². The first-order valence-corrected chi connectivity index (χ1v) is 15.1. The fourth-order valence-electron chi connectivity index (χ4n) is 6.79. The van der Waals surface area contributed by atoms with E-state index in [1.807, 2.05) is 23.1 Å². The molecule has 3 aromatic carbocycles. The summed E-state index contributed by atoms with van der Waals surface area (Å²) < 4.78 is 66.0. The monoisotopic (exact) mass is 631 g/mol. The lowest BCUT2D eigenvalue weighted by Crippen LogP contribution is -2.48. The van der Waals surface area contributed by atoms with Crippen LogP contribution >= 0.6 is 11.6 Å². The number of carbonyl (C=O) groups excluding carboxylic acids is 2. The summed E-state index contributed by atoms with van der Waals surface area (Å²) in [5.74, 6) is -2.99. The number of alkyl halides is 3. The average molecular weight is 632 g/mol. The number of nitrogens with one attached hydrogen (secondary N) is 1. The van der Waals surface area contributed by atoms with Gasteiger partial charge in [-0.05, 0) is 104 Å². The molecule has 0 aromatic heterocycles. The molecule has 232 valence electrons. The van der Waals surface area contributed by atoms with E-state index in [4.69, 9.17) is 11.6 Å². The predicted octanol–water partition coefficient (Wildman–Crippen LogP) is 7.58. The number of fused-ring (bicyclic) bond motifs is 1. The fourth-order valence-corrected chi connectivity index (χ4v) is 7.02. The molecule has 1 unspecified atom stereocenters. The lowest BCUT2D eigenvalue weighted by molar-refractivity contribution is -0.137. The minimum atomic E-state index is -4.35. The number of aryl methyl sites for hydroxylation is 1. The van der Waals surface area contributed by atoms with Crippen molar-refractivity contribution in [3.8, 4) is 0 Å². The van der Waals surface area contributed by atoms with Crippen LogP contribution in [0.5, 0.6) is 0 Å². The molecule has 11 heteroatoms. The van der Waals surface area contributed by atoms with Gasteiger partial charge in [0.2, 0.25) is 0 Å². The molecule has 0 bridgehead atoms. The van der Waals surface area contributed by atoms with Crippen molar-refractivity contribution in [1.82, 2.24) is 10.2 Å². The topological polar surface area (TPSA) is 52.7 Å². The van der Waals surface area contributed by atoms with Crippen molar-refractivity contribution in [1.29, 1.82) is 0 Å². The number of piperidine rings is 2. The van der Waals surface area contributed by atoms with E-state index >= 15 is 0 Å². The molecule has 1 aliphatic carbocycles. The Bertz CT molecular complexity index is 1580. The van der Waals surface area contributed by atoms with E-state index in [-0.39, 0.29) is 21.9 Å². The van der Waals surface area contributed by atoms with Crippen LogP contribution in [0, 0.1) is 17.0 Å².